The highest BCUT2D eigenvalue weighted by molar-refractivity contribution is 8.00. The SMILES string of the molecule is CCC1CN(c2nc(C)c(C(=O)O)s2)CCS1. The number of carboxylic acids is 1. The summed E-state index contributed by atoms with van der Waals surface area (Å²) in [6, 6.07) is 0. The van der Waals surface area contributed by atoms with Crippen molar-refractivity contribution in [1.29, 1.82) is 0 Å². The Bertz CT molecular complexity index is 420. The third-order valence-electron chi connectivity index (χ3n) is 2.84. The van der Waals surface area contributed by atoms with Crippen LogP contribution in [-0.2, 0) is 0 Å². The number of nitrogens with zero attached hydrogens (tertiary/aromatic N) is 2. The van der Waals surface area contributed by atoms with E-state index in [-0.39, 0.29) is 0 Å². The zero-order valence-corrected chi connectivity index (χ0v) is 11.6. The van der Waals surface area contributed by atoms with Crippen LogP contribution in [0, 0.1) is 6.92 Å². The van der Waals surface area contributed by atoms with Gasteiger partial charge in [0.15, 0.2) is 5.13 Å². The normalized spacial score (nSPS) is 20.6. The van der Waals surface area contributed by atoms with E-state index < -0.39 is 5.97 Å². The average Bonchev–Trinajstić information content (AvgIpc) is 2.71. The number of carboxylic acid groups (broad SMARTS) is 1. The molecule has 1 aliphatic heterocycles. The number of carbonyl (C=O) groups is 1. The molecule has 1 aliphatic rings. The van der Waals surface area contributed by atoms with Gasteiger partial charge in [-0.15, -0.1) is 0 Å². The fourth-order valence-electron chi connectivity index (χ4n) is 1.86. The predicted octanol–water partition coefficient (Wildman–Crippen LogP) is 2.48. The minimum atomic E-state index is -0.871. The quantitative estimate of drug-likeness (QED) is 0.916. The number of aromatic nitrogens is 1. The van der Waals surface area contributed by atoms with Crippen molar-refractivity contribution in [2.24, 2.45) is 0 Å². The van der Waals surface area contributed by atoms with Gasteiger partial charge in [0.1, 0.15) is 4.88 Å². The van der Waals surface area contributed by atoms with E-state index in [1.807, 2.05) is 11.8 Å². The molecule has 1 atom stereocenters. The molecular formula is C11H16N2O2S2. The summed E-state index contributed by atoms with van der Waals surface area (Å²) in [5.41, 5.74) is 0.628. The number of hydrogen-bond acceptors (Lipinski definition) is 5. The Morgan fingerprint density at radius 2 is 2.41 bits per heavy atom. The summed E-state index contributed by atoms with van der Waals surface area (Å²) in [6.45, 7) is 5.90. The molecule has 0 amide bonds. The monoisotopic (exact) mass is 272 g/mol. The van der Waals surface area contributed by atoms with Gasteiger partial charge in [-0.2, -0.15) is 11.8 Å². The summed E-state index contributed by atoms with van der Waals surface area (Å²) in [4.78, 5) is 17.9. The number of aromatic carboxylic acids is 1. The van der Waals surface area contributed by atoms with E-state index >= 15 is 0 Å². The van der Waals surface area contributed by atoms with Crippen molar-refractivity contribution in [3.63, 3.8) is 0 Å². The summed E-state index contributed by atoms with van der Waals surface area (Å²) in [7, 11) is 0. The molecule has 1 N–H and O–H groups in total. The maximum Gasteiger partial charge on any atom is 0.347 e. The first-order chi connectivity index (χ1) is 8.11. The molecular weight excluding hydrogens is 256 g/mol. The molecule has 4 nitrogen and oxygen atoms in total. The van der Waals surface area contributed by atoms with Crippen molar-refractivity contribution < 1.29 is 9.90 Å². The van der Waals surface area contributed by atoms with Crippen LogP contribution in [0.5, 0.6) is 0 Å². The van der Waals surface area contributed by atoms with Gasteiger partial charge in [-0.1, -0.05) is 18.3 Å². The van der Waals surface area contributed by atoms with Crippen LogP contribution < -0.4 is 4.90 Å². The minimum Gasteiger partial charge on any atom is -0.477 e. The summed E-state index contributed by atoms with van der Waals surface area (Å²) in [5.74, 6) is 0.226. The van der Waals surface area contributed by atoms with Crippen LogP contribution in [-0.4, -0.2) is 40.2 Å². The van der Waals surface area contributed by atoms with E-state index in [0.29, 0.717) is 15.8 Å². The molecule has 0 aliphatic carbocycles. The number of aryl methyl sites for hydroxylation is 1. The second kappa shape index (κ2) is 5.27. The molecule has 1 aromatic rings. The molecule has 17 heavy (non-hydrogen) atoms. The molecule has 1 unspecified atom stereocenters. The summed E-state index contributed by atoms with van der Waals surface area (Å²) in [6.07, 6.45) is 1.15. The van der Waals surface area contributed by atoms with Gasteiger partial charge >= 0.3 is 5.97 Å². The van der Waals surface area contributed by atoms with E-state index in [2.05, 4.69) is 16.8 Å². The van der Waals surface area contributed by atoms with Crippen LogP contribution in [0.25, 0.3) is 0 Å². The van der Waals surface area contributed by atoms with Crippen LogP contribution in [0.15, 0.2) is 0 Å². The Hall–Kier alpha value is -0.750. The maximum atomic E-state index is 11.0. The standard InChI is InChI=1S/C11H16N2O2S2/c1-3-8-6-13(4-5-16-8)11-12-7(2)9(17-11)10(14)15/h8H,3-6H2,1-2H3,(H,14,15). The molecule has 94 valence electrons. The smallest absolute Gasteiger partial charge is 0.347 e. The van der Waals surface area contributed by atoms with Crippen molar-refractivity contribution in [3.8, 4) is 0 Å². The van der Waals surface area contributed by atoms with Crippen LogP contribution in [0.3, 0.4) is 0 Å². The lowest BCUT2D eigenvalue weighted by molar-refractivity contribution is 0.0701. The molecule has 0 spiro atoms. The van der Waals surface area contributed by atoms with Gasteiger partial charge in [-0.25, -0.2) is 9.78 Å². The van der Waals surface area contributed by atoms with Crippen molar-refractivity contribution in [3.05, 3.63) is 10.6 Å². The molecule has 6 heteroatoms. The Labute approximate surface area is 109 Å². The molecule has 1 aromatic heterocycles. The van der Waals surface area contributed by atoms with Crippen LogP contribution >= 0.6 is 23.1 Å². The Morgan fingerprint density at radius 3 is 3.00 bits per heavy atom. The number of hydrogen-bond donors (Lipinski definition) is 1. The average molecular weight is 272 g/mol. The molecule has 0 saturated carbocycles. The molecule has 2 rings (SSSR count). The molecule has 0 bridgehead atoms. The Balaban J connectivity index is 2.16. The highest BCUT2D eigenvalue weighted by atomic mass is 32.2. The maximum absolute atomic E-state index is 11.0. The van der Waals surface area contributed by atoms with Gasteiger partial charge < -0.3 is 10.0 Å². The van der Waals surface area contributed by atoms with E-state index in [1.165, 1.54) is 11.3 Å². The summed E-state index contributed by atoms with van der Waals surface area (Å²) in [5, 5.41) is 10.5. The second-order valence-corrected chi connectivity index (χ2v) is 6.45. The fraction of sp³-hybridized carbons (Fsp3) is 0.636. The molecule has 0 aromatic carbocycles. The summed E-state index contributed by atoms with van der Waals surface area (Å²) < 4.78 is 0. The van der Waals surface area contributed by atoms with Gasteiger partial charge in [0, 0.05) is 24.1 Å². The predicted molar refractivity (Wildman–Crippen MR) is 72.6 cm³/mol. The Kier molecular flexibility index (Phi) is 3.93. The van der Waals surface area contributed by atoms with E-state index in [9.17, 15) is 4.79 Å². The largest absolute Gasteiger partial charge is 0.477 e. The lowest BCUT2D eigenvalue weighted by atomic mass is 10.3. The first-order valence-corrected chi connectivity index (χ1v) is 7.55. The van der Waals surface area contributed by atoms with Crippen molar-refractivity contribution in [2.45, 2.75) is 25.5 Å². The molecule has 2 heterocycles. The first-order valence-electron chi connectivity index (χ1n) is 5.69. The lowest BCUT2D eigenvalue weighted by Gasteiger charge is -2.31. The first kappa shape index (κ1) is 12.7. The summed E-state index contributed by atoms with van der Waals surface area (Å²) >= 11 is 3.29. The van der Waals surface area contributed by atoms with E-state index in [0.717, 1.165) is 30.4 Å². The second-order valence-electron chi connectivity index (χ2n) is 4.06. The van der Waals surface area contributed by atoms with Crippen molar-refractivity contribution >= 4 is 34.2 Å². The number of anilines is 1. The zero-order chi connectivity index (χ0) is 12.4. The molecule has 0 radical (unpaired) electrons. The number of thiazole rings is 1. The van der Waals surface area contributed by atoms with Crippen molar-refractivity contribution in [2.75, 3.05) is 23.7 Å². The third-order valence-corrected chi connectivity index (χ3v) is 5.42. The minimum absolute atomic E-state index is 0.367. The fourth-order valence-corrected chi connectivity index (χ4v) is 3.98. The van der Waals surface area contributed by atoms with Crippen LogP contribution in [0.2, 0.25) is 0 Å². The van der Waals surface area contributed by atoms with Crippen molar-refractivity contribution in [1.82, 2.24) is 4.98 Å². The van der Waals surface area contributed by atoms with Gasteiger partial charge in [0.2, 0.25) is 0 Å². The van der Waals surface area contributed by atoms with Gasteiger partial charge in [0.05, 0.1) is 5.69 Å². The van der Waals surface area contributed by atoms with E-state index in [1.54, 1.807) is 6.92 Å². The van der Waals surface area contributed by atoms with Gasteiger partial charge in [-0.05, 0) is 13.3 Å². The van der Waals surface area contributed by atoms with Crippen LogP contribution in [0.1, 0.15) is 28.7 Å². The number of thioether (sulfide) groups is 1. The van der Waals surface area contributed by atoms with Gasteiger partial charge in [0.25, 0.3) is 0 Å². The van der Waals surface area contributed by atoms with Crippen LogP contribution in [0.4, 0.5) is 5.13 Å². The lowest BCUT2D eigenvalue weighted by Crippen LogP contribution is -2.37. The third kappa shape index (κ3) is 2.74. The van der Waals surface area contributed by atoms with E-state index in [4.69, 9.17) is 5.11 Å². The molecule has 1 fully saturated rings. The topological polar surface area (TPSA) is 53.4 Å². The van der Waals surface area contributed by atoms with Gasteiger partial charge in [-0.3, -0.25) is 0 Å². The molecule has 1 saturated heterocycles. The zero-order valence-electron chi connectivity index (χ0n) is 9.97. The highest BCUT2D eigenvalue weighted by Gasteiger charge is 2.23. The highest BCUT2D eigenvalue weighted by Crippen LogP contribution is 2.30. The Morgan fingerprint density at radius 1 is 1.65 bits per heavy atom. The number of rotatable bonds is 3.